The Morgan fingerprint density at radius 1 is 1.18 bits per heavy atom. The van der Waals surface area contributed by atoms with Crippen LogP contribution in [0.3, 0.4) is 0 Å². The second kappa shape index (κ2) is 8.12. The van der Waals surface area contributed by atoms with Crippen molar-refractivity contribution in [2.45, 2.75) is 32.6 Å². The Kier molecular flexibility index (Phi) is 5.81. The molecule has 1 aromatic rings. The van der Waals surface area contributed by atoms with Crippen LogP contribution in [-0.4, -0.2) is 52.7 Å². The third kappa shape index (κ3) is 4.07. The lowest BCUT2D eigenvalue weighted by molar-refractivity contribution is -0.384. The van der Waals surface area contributed by atoms with Crippen LogP contribution in [0.25, 0.3) is 0 Å². The molecular formula is C19H25FN4O4. The standard InChI is InChI=1S/C19H25FN4O4/c1-12-3-2-6-23(11-12)18(25)13-4-7-22(8-5-13)19(26)15-9-14(20)10-16(17(15)21)24(27)28/h9-10,12-13H,2-8,11,21H2,1H3. The van der Waals surface area contributed by atoms with Gasteiger partial charge >= 0.3 is 0 Å². The Hall–Kier alpha value is -2.71. The van der Waals surface area contributed by atoms with Crippen molar-refractivity contribution >= 4 is 23.2 Å². The Morgan fingerprint density at radius 2 is 1.86 bits per heavy atom. The SMILES string of the molecule is CC1CCCN(C(=O)C2CCN(C(=O)c3cc(F)cc([N+](=O)[O-])c3N)CC2)C1. The number of halogens is 1. The summed E-state index contributed by atoms with van der Waals surface area (Å²) >= 11 is 0. The smallest absolute Gasteiger partial charge is 0.295 e. The number of anilines is 1. The maximum atomic E-state index is 13.7. The van der Waals surface area contributed by atoms with Gasteiger partial charge in [0.1, 0.15) is 11.5 Å². The van der Waals surface area contributed by atoms with Gasteiger partial charge in [-0.05, 0) is 37.7 Å². The van der Waals surface area contributed by atoms with Crippen LogP contribution in [0.4, 0.5) is 15.8 Å². The third-order valence-electron chi connectivity index (χ3n) is 5.65. The van der Waals surface area contributed by atoms with E-state index in [2.05, 4.69) is 6.92 Å². The summed E-state index contributed by atoms with van der Waals surface area (Å²) in [6.07, 6.45) is 3.19. The summed E-state index contributed by atoms with van der Waals surface area (Å²) in [7, 11) is 0. The summed E-state index contributed by atoms with van der Waals surface area (Å²) in [4.78, 5) is 39.1. The summed E-state index contributed by atoms with van der Waals surface area (Å²) in [6.45, 7) is 4.38. The molecule has 152 valence electrons. The lowest BCUT2D eigenvalue weighted by Gasteiger charge is -2.37. The molecule has 0 spiro atoms. The molecule has 2 N–H and O–H groups in total. The van der Waals surface area contributed by atoms with Gasteiger partial charge in [-0.15, -0.1) is 0 Å². The number of nitro groups is 1. The molecule has 8 nitrogen and oxygen atoms in total. The van der Waals surface area contributed by atoms with E-state index >= 15 is 0 Å². The highest BCUT2D eigenvalue weighted by Gasteiger charge is 2.33. The first-order chi connectivity index (χ1) is 13.3. The van der Waals surface area contributed by atoms with Gasteiger partial charge in [0.2, 0.25) is 5.91 Å². The minimum atomic E-state index is -0.881. The number of piperidine rings is 2. The van der Waals surface area contributed by atoms with E-state index < -0.39 is 22.3 Å². The van der Waals surface area contributed by atoms with Gasteiger partial charge in [-0.3, -0.25) is 19.7 Å². The van der Waals surface area contributed by atoms with Crippen molar-refractivity contribution in [3.8, 4) is 0 Å². The van der Waals surface area contributed by atoms with E-state index in [1.165, 1.54) is 4.90 Å². The lowest BCUT2D eigenvalue weighted by atomic mass is 9.92. The second-order valence-corrected chi connectivity index (χ2v) is 7.74. The minimum Gasteiger partial charge on any atom is -0.393 e. The Morgan fingerprint density at radius 3 is 2.46 bits per heavy atom. The van der Waals surface area contributed by atoms with E-state index in [0.717, 1.165) is 32.0 Å². The largest absolute Gasteiger partial charge is 0.393 e. The Labute approximate surface area is 162 Å². The fourth-order valence-corrected chi connectivity index (χ4v) is 4.08. The zero-order valence-electron chi connectivity index (χ0n) is 15.9. The number of nitrogens with two attached hydrogens (primary N) is 1. The van der Waals surface area contributed by atoms with E-state index in [9.17, 15) is 24.1 Å². The highest BCUT2D eigenvalue weighted by molar-refractivity contribution is 6.01. The number of nitro benzene ring substituents is 1. The summed E-state index contributed by atoms with van der Waals surface area (Å²) in [6, 6.07) is 1.63. The van der Waals surface area contributed by atoms with Crippen molar-refractivity contribution in [2.24, 2.45) is 11.8 Å². The zero-order valence-corrected chi connectivity index (χ0v) is 15.9. The third-order valence-corrected chi connectivity index (χ3v) is 5.65. The predicted molar refractivity (Wildman–Crippen MR) is 101 cm³/mol. The average Bonchev–Trinajstić information content (AvgIpc) is 2.68. The number of hydrogen-bond donors (Lipinski definition) is 1. The number of carbonyl (C=O) groups excluding carboxylic acids is 2. The first kappa shape index (κ1) is 20.0. The maximum Gasteiger partial charge on any atom is 0.295 e. The van der Waals surface area contributed by atoms with Crippen LogP contribution in [0, 0.1) is 27.8 Å². The molecule has 0 saturated carbocycles. The quantitative estimate of drug-likeness (QED) is 0.483. The number of rotatable bonds is 3. The molecule has 1 atom stereocenters. The number of carbonyl (C=O) groups is 2. The van der Waals surface area contributed by atoms with Crippen LogP contribution in [0.2, 0.25) is 0 Å². The molecule has 2 fully saturated rings. The number of hydrogen-bond acceptors (Lipinski definition) is 5. The fourth-order valence-electron chi connectivity index (χ4n) is 4.08. The van der Waals surface area contributed by atoms with Gasteiger partial charge in [0.25, 0.3) is 11.6 Å². The van der Waals surface area contributed by atoms with Crippen LogP contribution >= 0.6 is 0 Å². The number of likely N-dealkylation sites (tertiary alicyclic amines) is 2. The minimum absolute atomic E-state index is 0.131. The van der Waals surface area contributed by atoms with Crippen LogP contribution in [0.5, 0.6) is 0 Å². The van der Waals surface area contributed by atoms with E-state index in [4.69, 9.17) is 5.73 Å². The monoisotopic (exact) mass is 392 g/mol. The summed E-state index contributed by atoms with van der Waals surface area (Å²) in [5.74, 6) is -0.912. The van der Waals surface area contributed by atoms with Crippen LogP contribution < -0.4 is 5.73 Å². The van der Waals surface area contributed by atoms with E-state index in [0.29, 0.717) is 37.9 Å². The van der Waals surface area contributed by atoms with Crippen molar-refractivity contribution in [3.63, 3.8) is 0 Å². The van der Waals surface area contributed by atoms with Gasteiger partial charge in [-0.1, -0.05) is 6.92 Å². The van der Waals surface area contributed by atoms with E-state index in [1.54, 1.807) is 0 Å². The summed E-state index contributed by atoms with van der Waals surface area (Å²) in [5.41, 5.74) is 4.57. The summed E-state index contributed by atoms with van der Waals surface area (Å²) < 4.78 is 13.7. The highest BCUT2D eigenvalue weighted by atomic mass is 19.1. The van der Waals surface area contributed by atoms with Gasteiger partial charge in [0, 0.05) is 32.1 Å². The molecule has 0 bridgehead atoms. The van der Waals surface area contributed by atoms with Crippen molar-refractivity contribution in [1.29, 1.82) is 0 Å². The van der Waals surface area contributed by atoms with Gasteiger partial charge in [0.05, 0.1) is 16.6 Å². The average molecular weight is 392 g/mol. The van der Waals surface area contributed by atoms with Crippen LogP contribution in [0.15, 0.2) is 12.1 Å². The molecule has 0 aliphatic carbocycles. The molecule has 9 heteroatoms. The first-order valence-electron chi connectivity index (χ1n) is 9.59. The molecule has 0 aromatic heterocycles. The molecule has 28 heavy (non-hydrogen) atoms. The highest BCUT2D eigenvalue weighted by Crippen LogP contribution is 2.30. The van der Waals surface area contributed by atoms with Crippen LogP contribution in [-0.2, 0) is 4.79 Å². The molecule has 2 aliphatic heterocycles. The zero-order chi connectivity index (χ0) is 20.4. The Bertz CT molecular complexity index is 792. The molecule has 1 unspecified atom stereocenters. The normalized spacial score (nSPS) is 20.9. The van der Waals surface area contributed by atoms with Crippen molar-refractivity contribution in [1.82, 2.24) is 9.80 Å². The molecule has 2 aliphatic rings. The second-order valence-electron chi connectivity index (χ2n) is 7.74. The number of nitrogen functional groups attached to an aromatic ring is 1. The molecule has 1 aromatic carbocycles. The molecular weight excluding hydrogens is 367 g/mol. The topological polar surface area (TPSA) is 110 Å². The summed E-state index contributed by atoms with van der Waals surface area (Å²) in [5, 5.41) is 11.0. The van der Waals surface area contributed by atoms with Crippen molar-refractivity contribution in [3.05, 3.63) is 33.6 Å². The predicted octanol–water partition coefficient (Wildman–Crippen LogP) is 2.43. The van der Waals surface area contributed by atoms with Crippen LogP contribution in [0.1, 0.15) is 43.0 Å². The van der Waals surface area contributed by atoms with E-state index in [-0.39, 0.29) is 23.1 Å². The van der Waals surface area contributed by atoms with Gasteiger partial charge < -0.3 is 15.5 Å². The van der Waals surface area contributed by atoms with Gasteiger partial charge in [-0.25, -0.2) is 4.39 Å². The Balaban J connectivity index is 1.66. The molecule has 2 saturated heterocycles. The van der Waals surface area contributed by atoms with E-state index in [1.807, 2.05) is 4.90 Å². The lowest BCUT2D eigenvalue weighted by Crippen LogP contribution is -2.47. The van der Waals surface area contributed by atoms with Gasteiger partial charge in [-0.2, -0.15) is 0 Å². The maximum absolute atomic E-state index is 13.7. The molecule has 2 heterocycles. The van der Waals surface area contributed by atoms with Crippen molar-refractivity contribution in [2.75, 3.05) is 31.9 Å². The molecule has 2 amide bonds. The number of benzene rings is 1. The number of nitrogens with zero attached hydrogens (tertiary/aromatic N) is 3. The fraction of sp³-hybridized carbons (Fsp3) is 0.579. The van der Waals surface area contributed by atoms with Crippen molar-refractivity contribution < 1.29 is 18.9 Å². The van der Waals surface area contributed by atoms with Gasteiger partial charge in [0.15, 0.2) is 0 Å². The first-order valence-corrected chi connectivity index (χ1v) is 9.59. The molecule has 0 radical (unpaired) electrons. The molecule has 3 rings (SSSR count). The number of amides is 2.